The van der Waals surface area contributed by atoms with Crippen LogP contribution in [-0.4, -0.2) is 48.6 Å². The van der Waals surface area contributed by atoms with E-state index in [1.54, 1.807) is 6.08 Å². The molecule has 0 bridgehead atoms. The van der Waals surface area contributed by atoms with Gasteiger partial charge in [-0.3, -0.25) is 9.59 Å². The average molecular weight is 344 g/mol. The van der Waals surface area contributed by atoms with E-state index in [4.69, 9.17) is 19.7 Å². The van der Waals surface area contributed by atoms with Gasteiger partial charge in [-0.25, -0.2) is 0 Å². The molecule has 0 aliphatic rings. The number of hydrogen-bond donors (Lipinski definition) is 2. The Morgan fingerprint density at radius 1 is 0.958 bits per heavy atom. The molecular formula is C18H32O6. The Balaban J connectivity index is 4.38. The lowest BCUT2D eigenvalue weighted by Gasteiger charge is -2.12. The minimum atomic E-state index is -0.670. The predicted molar refractivity (Wildman–Crippen MR) is 91.3 cm³/mol. The molecule has 2 N–H and O–H groups in total. The second kappa shape index (κ2) is 16.5. The third kappa shape index (κ3) is 13.1. The number of ether oxygens (including phenoxy) is 2. The fourth-order valence-corrected chi connectivity index (χ4v) is 2.01. The van der Waals surface area contributed by atoms with E-state index in [-0.39, 0.29) is 32.8 Å². The first kappa shape index (κ1) is 22.6. The van der Waals surface area contributed by atoms with Crippen molar-refractivity contribution in [2.24, 2.45) is 5.92 Å². The second-order valence-corrected chi connectivity index (χ2v) is 5.63. The van der Waals surface area contributed by atoms with Crippen LogP contribution in [0.2, 0.25) is 0 Å². The molecule has 0 amide bonds. The summed E-state index contributed by atoms with van der Waals surface area (Å²) in [5.41, 5.74) is 0. The van der Waals surface area contributed by atoms with Gasteiger partial charge in [0.25, 0.3) is 0 Å². The molecule has 0 aromatic carbocycles. The number of carbonyl (C=O) groups is 2. The van der Waals surface area contributed by atoms with E-state index in [9.17, 15) is 9.59 Å². The van der Waals surface area contributed by atoms with Crippen LogP contribution in [0.1, 0.15) is 58.3 Å². The Kier molecular flexibility index (Phi) is 15.5. The van der Waals surface area contributed by atoms with Gasteiger partial charge < -0.3 is 19.7 Å². The van der Waals surface area contributed by atoms with E-state index >= 15 is 0 Å². The molecule has 0 aliphatic carbocycles. The van der Waals surface area contributed by atoms with Crippen LogP contribution in [0.25, 0.3) is 0 Å². The first-order valence-electron chi connectivity index (χ1n) is 8.86. The van der Waals surface area contributed by atoms with Crippen molar-refractivity contribution in [1.29, 1.82) is 0 Å². The van der Waals surface area contributed by atoms with Crippen molar-refractivity contribution in [2.75, 3.05) is 26.4 Å². The number of allylic oxidation sites excluding steroid dienone is 1. The van der Waals surface area contributed by atoms with Crippen molar-refractivity contribution < 1.29 is 29.3 Å². The van der Waals surface area contributed by atoms with E-state index in [1.807, 2.05) is 6.08 Å². The SMILES string of the molecule is CCCCCC/C=C/C(CC(=O)OCCCO)C(=O)OCCCO. The van der Waals surface area contributed by atoms with Crippen LogP contribution in [0.5, 0.6) is 0 Å². The summed E-state index contributed by atoms with van der Waals surface area (Å²) in [6.07, 6.45) is 9.73. The molecule has 0 saturated carbocycles. The quantitative estimate of drug-likeness (QED) is 0.269. The Morgan fingerprint density at radius 3 is 2.25 bits per heavy atom. The Morgan fingerprint density at radius 2 is 1.62 bits per heavy atom. The maximum atomic E-state index is 12.0. The van der Waals surface area contributed by atoms with Crippen LogP contribution in [0.3, 0.4) is 0 Å². The normalized spacial score (nSPS) is 12.3. The molecule has 24 heavy (non-hydrogen) atoms. The van der Waals surface area contributed by atoms with E-state index in [0.29, 0.717) is 12.8 Å². The fraction of sp³-hybridized carbons (Fsp3) is 0.778. The van der Waals surface area contributed by atoms with Gasteiger partial charge >= 0.3 is 11.9 Å². The smallest absolute Gasteiger partial charge is 0.313 e. The highest BCUT2D eigenvalue weighted by molar-refractivity contribution is 5.81. The lowest BCUT2D eigenvalue weighted by atomic mass is 10.0. The summed E-state index contributed by atoms with van der Waals surface area (Å²) in [7, 11) is 0. The highest BCUT2D eigenvalue weighted by atomic mass is 16.5. The van der Waals surface area contributed by atoms with Gasteiger partial charge in [-0.1, -0.05) is 38.3 Å². The molecule has 1 atom stereocenters. The second-order valence-electron chi connectivity index (χ2n) is 5.63. The number of aliphatic hydroxyl groups excluding tert-OH is 2. The van der Waals surface area contributed by atoms with Crippen LogP contribution in [-0.2, 0) is 19.1 Å². The summed E-state index contributed by atoms with van der Waals surface area (Å²) >= 11 is 0. The maximum absolute atomic E-state index is 12.0. The van der Waals surface area contributed by atoms with Crippen LogP contribution in [0.15, 0.2) is 12.2 Å². The fourth-order valence-electron chi connectivity index (χ4n) is 2.01. The van der Waals surface area contributed by atoms with Gasteiger partial charge in [0.1, 0.15) is 0 Å². The van der Waals surface area contributed by atoms with E-state index < -0.39 is 17.9 Å². The topological polar surface area (TPSA) is 93.1 Å². The van der Waals surface area contributed by atoms with Gasteiger partial charge in [0.15, 0.2) is 0 Å². The zero-order valence-corrected chi connectivity index (χ0v) is 14.7. The molecule has 0 spiro atoms. The van der Waals surface area contributed by atoms with Crippen molar-refractivity contribution in [1.82, 2.24) is 0 Å². The molecule has 0 aliphatic heterocycles. The number of aliphatic hydroxyl groups is 2. The molecule has 0 radical (unpaired) electrons. The summed E-state index contributed by atoms with van der Waals surface area (Å²) < 4.78 is 10.0. The van der Waals surface area contributed by atoms with E-state index in [0.717, 1.165) is 19.3 Å². The van der Waals surface area contributed by atoms with Crippen LogP contribution < -0.4 is 0 Å². The van der Waals surface area contributed by atoms with Crippen molar-refractivity contribution >= 4 is 11.9 Å². The molecule has 1 unspecified atom stereocenters. The number of carbonyl (C=O) groups excluding carboxylic acids is 2. The molecule has 0 saturated heterocycles. The zero-order valence-electron chi connectivity index (χ0n) is 14.7. The molecule has 6 nitrogen and oxygen atoms in total. The van der Waals surface area contributed by atoms with Gasteiger partial charge in [-0.05, 0) is 12.8 Å². The van der Waals surface area contributed by atoms with Gasteiger partial charge in [-0.2, -0.15) is 0 Å². The Hall–Kier alpha value is -1.40. The van der Waals surface area contributed by atoms with Crippen molar-refractivity contribution in [3.63, 3.8) is 0 Å². The molecule has 140 valence electrons. The summed E-state index contributed by atoms with van der Waals surface area (Å²) in [6, 6.07) is 0. The van der Waals surface area contributed by atoms with Crippen LogP contribution in [0, 0.1) is 5.92 Å². The number of esters is 2. The third-order valence-corrected chi connectivity index (χ3v) is 3.39. The predicted octanol–water partition coefficient (Wildman–Crippen LogP) is 2.37. The first-order valence-corrected chi connectivity index (χ1v) is 8.86. The molecule has 0 rings (SSSR count). The zero-order chi connectivity index (χ0) is 18.0. The van der Waals surface area contributed by atoms with Crippen molar-refractivity contribution in [3.05, 3.63) is 12.2 Å². The summed E-state index contributed by atoms with van der Waals surface area (Å²) in [4.78, 5) is 23.8. The van der Waals surface area contributed by atoms with Gasteiger partial charge in [0.05, 0.1) is 25.6 Å². The number of hydrogen-bond acceptors (Lipinski definition) is 6. The lowest BCUT2D eigenvalue weighted by Crippen LogP contribution is -2.21. The third-order valence-electron chi connectivity index (χ3n) is 3.39. The van der Waals surface area contributed by atoms with Crippen molar-refractivity contribution in [2.45, 2.75) is 58.3 Å². The minimum Gasteiger partial charge on any atom is -0.466 e. The first-order chi connectivity index (χ1) is 11.7. The molecular weight excluding hydrogens is 312 g/mol. The highest BCUT2D eigenvalue weighted by Crippen LogP contribution is 2.12. The summed E-state index contributed by atoms with van der Waals surface area (Å²) in [5.74, 6) is -1.63. The minimum absolute atomic E-state index is 0.0441. The molecule has 0 fully saturated rings. The number of unbranched alkanes of at least 4 members (excludes halogenated alkanes) is 4. The molecule has 0 aromatic heterocycles. The largest absolute Gasteiger partial charge is 0.466 e. The lowest BCUT2D eigenvalue weighted by molar-refractivity contribution is -0.153. The van der Waals surface area contributed by atoms with E-state index in [1.165, 1.54) is 12.8 Å². The van der Waals surface area contributed by atoms with Gasteiger partial charge in [0, 0.05) is 26.1 Å². The average Bonchev–Trinajstić information content (AvgIpc) is 2.57. The Bertz CT molecular complexity index is 353. The van der Waals surface area contributed by atoms with Crippen LogP contribution in [0.4, 0.5) is 0 Å². The van der Waals surface area contributed by atoms with Gasteiger partial charge in [-0.15, -0.1) is 0 Å². The number of rotatable bonds is 15. The molecule has 0 heterocycles. The monoisotopic (exact) mass is 344 g/mol. The molecule has 0 aromatic rings. The van der Waals surface area contributed by atoms with E-state index in [2.05, 4.69) is 6.92 Å². The van der Waals surface area contributed by atoms with Crippen LogP contribution >= 0.6 is 0 Å². The maximum Gasteiger partial charge on any atom is 0.313 e. The Labute approximate surface area is 144 Å². The molecule has 6 heteroatoms. The summed E-state index contributed by atoms with van der Waals surface area (Å²) in [5, 5.41) is 17.4. The standard InChI is InChI=1S/C18H32O6/c1-2-3-4-5-6-7-10-16(18(22)24-14-9-12-20)15-17(21)23-13-8-11-19/h7,10,16,19-20H,2-6,8-9,11-15H2,1H3/b10-7+. The highest BCUT2D eigenvalue weighted by Gasteiger charge is 2.21. The van der Waals surface area contributed by atoms with Crippen molar-refractivity contribution in [3.8, 4) is 0 Å². The summed E-state index contributed by atoms with van der Waals surface area (Å²) in [6.45, 7) is 2.33. The van der Waals surface area contributed by atoms with Gasteiger partial charge in [0.2, 0.25) is 0 Å².